The molecule has 0 aliphatic rings. The van der Waals surface area contributed by atoms with E-state index in [0.29, 0.717) is 12.5 Å². The van der Waals surface area contributed by atoms with Crippen molar-refractivity contribution in [3.63, 3.8) is 0 Å². The second-order valence-electron chi connectivity index (χ2n) is 3.92. The number of hydrogen-bond acceptors (Lipinski definition) is 2. The first-order valence-electron chi connectivity index (χ1n) is 5.29. The molecule has 0 unspecified atom stereocenters. The highest BCUT2D eigenvalue weighted by Gasteiger charge is 2.01. The highest BCUT2D eigenvalue weighted by atomic mass is 16.2. The molecule has 1 aromatic heterocycles. The van der Waals surface area contributed by atoms with Gasteiger partial charge in [0.1, 0.15) is 0 Å². The van der Waals surface area contributed by atoms with E-state index in [2.05, 4.69) is 31.0 Å². The summed E-state index contributed by atoms with van der Waals surface area (Å²) in [6, 6.07) is 4.23. The number of aliphatic hydroxyl groups excluding tert-OH is 1. The van der Waals surface area contributed by atoms with E-state index in [4.69, 9.17) is 5.11 Å². The van der Waals surface area contributed by atoms with Gasteiger partial charge in [-0.2, -0.15) is 0 Å². The van der Waals surface area contributed by atoms with E-state index in [-0.39, 0.29) is 0 Å². The summed E-state index contributed by atoms with van der Waals surface area (Å²) in [6.07, 6.45) is 4.86. The Bertz CT molecular complexity index is 271. The first-order valence-corrected chi connectivity index (χ1v) is 5.29. The average molecular weight is 193 g/mol. The standard InChI is InChI=1S/C12H19NO/c1-10(2)12-9-11(6-7-13-12)5-3-4-8-14/h6-7,9-10,14H,3-5,8H2,1-2H3. The molecule has 0 bridgehead atoms. The van der Waals surface area contributed by atoms with E-state index in [1.54, 1.807) is 0 Å². The Morgan fingerprint density at radius 2 is 2.14 bits per heavy atom. The van der Waals surface area contributed by atoms with Crippen LogP contribution >= 0.6 is 0 Å². The van der Waals surface area contributed by atoms with Crippen LogP contribution in [-0.4, -0.2) is 16.7 Å². The molecule has 0 aromatic carbocycles. The van der Waals surface area contributed by atoms with Gasteiger partial charge in [-0.05, 0) is 42.9 Å². The number of aromatic nitrogens is 1. The molecule has 0 aliphatic heterocycles. The summed E-state index contributed by atoms with van der Waals surface area (Å²) in [4.78, 5) is 4.32. The lowest BCUT2D eigenvalue weighted by atomic mass is 10.0. The Labute approximate surface area is 86.0 Å². The molecule has 2 nitrogen and oxygen atoms in total. The molecule has 0 spiro atoms. The molecule has 1 heterocycles. The fraction of sp³-hybridized carbons (Fsp3) is 0.583. The summed E-state index contributed by atoms with van der Waals surface area (Å²) >= 11 is 0. The number of aryl methyl sites for hydroxylation is 1. The minimum atomic E-state index is 0.294. The van der Waals surface area contributed by atoms with Crippen LogP contribution in [0.25, 0.3) is 0 Å². The second kappa shape index (κ2) is 5.76. The third kappa shape index (κ3) is 3.46. The molecule has 0 atom stereocenters. The topological polar surface area (TPSA) is 33.1 Å². The van der Waals surface area contributed by atoms with Crippen LogP contribution in [0.15, 0.2) is 18.3 Å². The quantitative estimate of drug-likeness (QED) is 0.729. The van der Waals surface area contributed by atoms with E-state index >= 15 is 0 Å². The van der Waals surface area contributed by atoms with Crippen LogP contribution in [0.1, 0.15) is 43.9 Å². The van der Waals surface area contributed by atoms with E-state index in [1.165, 1.54) is 5.56 Å². The minimum absolute atomic E-state index is 0.294. The lowest BCUT2D eigenvalue weighted by Crippen LogP contribution is -1.95. The van der Waals surface area contributed by atoms with Gasteiger partial charge in [0.2, 0.25) is 0 Å². The minimum Gasteiger partial charge on any atom is -0.396 e. The van der Waals surface area contributed by atoms with Crippen molar-refractivity contribution < 1.29 is 5.11 Å². The third-order valence-corrected chi connectivity index (χ3v) is 2.31. The highest BCUT2D eigenvalue weighted by Crippen LogP contribution is 2.13. The molecule has 0 amide bonds. The molecule has 0 saturated carbocycles. The third-order valence-electron chi connectivity index (χ3n) is 2.31. The van der Waals surface area contributed by atoms with Crippen molar-refractivity contribution in [3.05, 3.63) is 29.6 Å². The number of hydrogen-bond donors (Lipinski definition) is 1. The molecule has 1 N–H and O–H groups in total. The van der Waals surface area contributed by atoms with E-state index in [9.17, 15) is 0 Å². The Morgan fingerprint density at radius 3 is 2.79 bits per heavy atom. The molecule has 1 aromatic rings. The van der Waals surface area contributed by atoms with Gasteiger partial charge in [-0.3, -0.25) is 4.98 Å². The molecule has 1 rings (SSSR count). The van der Waals surface area contributed by atoms with Crippen molar-refractivity contribution >= 4 is 0 Å². The normalized spacial score (nSPS) is 10.9. The van der Waals surface area contributed by atoms with Gasteiger partial charge in [0, 0.05) is 18.5 Å². The summed E-state index contributed by atoms with van der Waals surface area (Å²) < 4.78 is 0. The largest absolute Gasteiger partial charge is 0.396 e. The fourth-order valence-corrected chi connectivity index (χ4v) is 1.41. The van der Waals surface area contributed by atoms with Gasteiger partial charge in [-0.1, -0.05) is 13.8 Å². The number of rotatable bonds is 5. The summed E-state index contributed by atoms with van der Waals surface area (Å²) in [5, 5.41) is 8.67. The van der Waals surface area contributed by atoms with Crippen molar-refractivity contribution in [1.29, 1.82) is 0 Å². The molecule has 0 aliphatic carbocycles. The number of unbranched alkanes of at least 4 members (excludes halogenated alkanes) is 1. The van der Waals surface area contributed by atoms with Crippen LogP contribution in [0.3, 0.4) is 0 Å². The SMILES string of the molecule is CC(C)c1cc(CCCCO)ccn1. The summed E-state index contributed by atoms with van der Waals surface area (Å²) in [5.41, 5.74) is 2.49. The van der Waals surface area contributed by atoms with Crippen molar-refractivity contribution in [3.8, 4) is 0 Å². The maximum atomic E-state index is 8.67. The van der Waals surface area contributed by atoms with Crippen LogP contribution in [-0.2, 0) is 6.42 Å². The molecular formula is C12H19NO. The fourth-order valence-electron chi connectivity index (χ4n) is 1.41. The van der Waals surface area contributed by atoms with Gasteiger partial charge in [-0.25, -0.2) is 0 Å². The first-order chi connectivity index (χ1) is 6.74. The number of nitrogens with zero attached hydrogens (tertiary/aromatic N) is 1. The zero-order valence-electron chi connectivity index (χ0n) is 9.03. The van der Waals surface area contributed by atoms with Crippen LogP contribution in [0.5, 0.6) is 0 Å². The molecule has 0 fully saturated rings. The maximum absolute atomic E-state index is 8.67. The van der Waals surface area contributed by atoms with Crippen LogP contribution in [0, 0.1) is 0 Å². The van der Waals surface area contributed by atoms with Crippen molar-refractivity contribution in [2.24, 2.45) is 0 Å². The van der Waals surface area contributed by atoms with Crippen LogP contribution in [0.4, 0.5) is 0 Å². The van der Waals surface area contributed by atoms with E-state index < -0.39 is 0 Å². The van der Waals surface area contributed by atoms with Gasteiger partial charge >= 0.3 is 0 Å². The zero-order chi connectivity index (χ0) is 10.4. The molecule has 0 saturated heterocycles. The van der Waals surface area contributed by atoms with Gasteiger partial charge in [-0.15, -0.1) is 0 Å². The maximum Gasteiger partial charge on any atom is 0.0431 e. The highest BCUT2D eigenvalue weighted by molar-refractivity contribution is 5.18. The van der Waals surface area contributed by atoms with Crippen LogP contribution < -0.4 is 0 Å². The lowest BCUT2D eigenvalue weighted by molar-refractivity contribution is 0.284. The van der Waals surface area contributed by atoms with Crippen molar-refractivity contribution in [2.75, 3.05) is 6.61 Å². The summed E-state index contributed by atoms with van der Waals surface area (Å²) in [5.74, 6) is 0.493. The smallest absolute Gasteiger partial charge is 0.0431 e. The molecule has 0 radical (unpaired) electrons. The molecule has 78 valence electrons. The van der Waals surface area contributed by atoms with Gasteiger partial charge in [0.15, 0.2) is 0 Å². The predicted molar refractivity (Wildman–Crippen MR) is 58.3 cm³/mol. The Balaban J connectivity index is 2.55. The Kier molecular flexibility index (Phi) is 4.60. The Hall–Kier alpha value is -0.890. The predicted octanol–water partition coefficient (Wildman–Crippen LogP) is 2.52. The van der Waals surface area contributed by atoms with E-state index in [0.717, 1.165) is 25.0 Å². The average Bonchev–Trinajstić information content (AvgIpc) is 2.19. The van der Waals surface area contributed by atoms with Crippen LogP contribution in [0.2, 0.25) is 0 Å². The van der Waals surface area contributed by atoms with Gasteiger partial charge in [0.25, 0.3) is 0 Å². The molecular weight excluding hydrogens is 174 g/mol. The second-order valence-corrected chi connectivity index (χ2v) is 3.92. The lowest BCUT2D eigenvalue weighted by Gasteiger charge is -2.06. The summed E-state index contributed by atoms with van der Waals surface area (Å²) in [7, 11) is 0. The molecule has 2 heteroatoms. The monoisotopic (exact) mass is 193 g/mol. The summed E-state index contributed by atoms with van der Waals surface area (Å²) in [6.45, 7) is 4.60. The van der Waals surface area contributed by atoms with Gasteiger partial charge < -0.3 is 5.11 Å². The Morgan fingerprint density at radius 1 is 1.36 bits per heavy atom. The number of pyridine rings is 1. The van der Waals surface area contributed by atoms with Crippen molar-refractivity contribution in [1.82, 2.24) is 4.98 Å². The number of aliphatic hydroxyl groups is 1. The van der Waals surface area contributed by atoms with E-state index in [1.807, 2.05) is 6.20 Å². The van der Waals surface area contributed by atoms with Gasteiger partial charge in [0.05, 0.1) is 0 Å². The van der Waals surface area contributed by atoms with Crippen molar-refractivity contribution in [2.45, 2.75) is 39.0 Å². The molecule has 14 heavy (non-hydrogen) atoms. The zero-order valence-corrected chi connectivity index (χ0v) is 9.03. The first kappa shape index (κ1) is 11.2.